The molecule has 1 unspecified atom stereocenters. The largest absolute Gasteiger partial charge is 0.458 e. The third-order valence-corrected chi connectivity index (χ3v) is 4.04. The van der Waals surface area contributed by atoms with Gasteiger partial charge in [-0.05, 0) is 25.0 Å². The molecule has 1 aromatic carbocycles. The first-order valence-corrected chi connectivity index (χ1v) is 7.88. The van der Waals surface area contributed by atoms with Crippen LogP contribution in [0.5, 0.6) is 6.01 Å². The molecule has 0 bridgehead atoms. The van der Waals surface area contributed by atoms with Gasteiger partial charge in [0.25, 0.3) is 0 Å². The van der Waals surface area contributed by atoms with E-state index in [1.807, 2.05) is 28.8 Å². The van der Waals surface area contributed by atoms with Gasteiger partial charge in [0.2, 0.25) is 0 Å². The average molecular weight is 331 g/mol. The Kier molecular flexibility index (Phi) is 3.85. The number of aromatic nitrogens is 4. The van der Waals surface area contributed by atoms with Gasteiger partial charge < -0.3 is 9.47 Å². The lowest BCUT2D eigenvalue weighted by atomic mass is 10.2. The molecule has 1 atom stereocenters. The fourth-order valence-electron chi connectivity index (χ4n) is 2.65. The molecule has 1 aliphatic heterocycles. The van der Waals surface area contributed by atoms with E-state index in [1.165, 1.54) is 0 Å². The summed E-state index contributed by atoms with van der Waals surface area (Å²) in [6.45, 7) is 1.35. The van der Waals surface area contributed by atoms with Crippen LogP contribution >= 0.6 is 11.6 Å². The highest BCUT2D eigenvalue weighted by atomic mass is 35.5. The molecule has 0 spiro atoms. The molecule has 0 N–H and O–H groups in total. The number of hydrogen-bond donors (Lipinski definition) is 0. The Bertz CT molecular complexity index is 830. The van der Waals surface area contributed by atoms with E-state index >= 15 is 0 Å². The van der Waals surface area contributed by atoms with Gasteiger partial charge in [0.05, 0.1) is 23.8 Å². The van der Waals surface area contributed by atoms with E-state index in [9.17, 15) is 0 Å². The van der Waals surface area contributed by atoms with Crippen molar-refractivity contribution in [3.05, 3.63) is 41.8 Å². The van der Waals surface area contributed by atoms with Gasteiger partial charge in [-0.1, -0.05) is 23.7 Å². The van der Waals surface area contributed by atoms with E-state index in [-0.39, 0.29) is 6.10 Å². The number of imidazole rings is 1. The topological polar surface area (TPSA) is 62.1 Å². The number of benzene rings is 1. The highest BCUT2D eigenvalue weighted by molar-refractivity contribution is 6.32. The number of fused-ring (bicyclic) bond motifs is 1. The molecule has 1 aliphatic rings. The third-order valence-electron chi connectivity index (χ3n) is 3.78. The second kappa shape index (κ2) is 6.14. The second-order valence-corrected chi connectivity index (χ2v) is 5.79. The first kappa shape index (κ1) is 14.4. The fourth-order valence-corrected chi connectivity index (χ4v) is 2.83. The van der Waals surface area contributed by atoms with E-state index in [0.717, 1.165) is 30.5 Å². The van der Waals surface area contributed by atoms with E-state index in [0.29, 0.717) is 23.5 Å². The van der Waals surface area contributed by atoms with Crippen LogP contribution in [0.15, 0.2) is 36.8 Å². The van der Waals surface area contributed by atoms with Crippen LogP contribution in [0, 0.1) is 0 Å². The summed E-state index contributed by atoms with van der Waals surface area (Å²) < 4.78 is 13.1. The minimum Gasteiger partial charge on any atom is -0.458 e. The molecular formula is C16H15ClN4O2. The molecule has 2 aromatic heterocycles. The molecule has 23 heavy (non-hydrogen) atoms. The predicted octanol–water partition coefficient (Wildman–Crippen LogP) is 3.03. The van der Waals surface area contributed by atoms with Crippen molar-refractivity contribution in [1.29, 1.82) is 0 Å². The average Bonchev–Trinajstić information content (AvgIpc) is 3.01. The molecule has 0 radical (unpaired) electrons. The Balaban J connectivity index is 1.69. The summed E-state index contributed by atoms with van der Waals surface area (Å²) in [5, 5.41) is 0.445. The highest BCUT2D eigenvalue weighted by Crippen LogP contribution is 2.24. The van der Waals surface area contributed by atoms with Gasteiger partial charge in [0, 0.05) is 6.61 Å². The van der Waals surface area contributed by atoms with Gasteiger partial charge in [-0.25, -0.2) is 9.97 Å². The summed E-state index contributed by atoms with van der Waals surface area (Å²) in [5.41, 5.74) is 1.81. The maximum Gasteiger partial charge on any atom is 0.318 e. The quantitative estimate of drug-likeness (QED) is 0.738. The van der Waals surface area contributed by atoms with Crippen molar-refractivity contribution < 1.29 is 9.47 Å². The monoisotopic (exact) mass is 330 g/mol. The molecule has 1 saturated heterocycles. The van der Waals surface area contributed by atoms with Crippen LogP contribution < -0.4 is 4.74 Å². The number of ether oxygens (including phenoxy) is 2. The molecule has 118 valence electrons. The Morgan fingerprint density at radius 1 is 1.26 bits per heavy atom. The maximum absolute atomic E-state index is 6.28. The number of nitrogens with zero attached hydrogens (tertiary/aromatic N) is 4. The molecule has 0 aliphatic carbocycles. The van der Waals surface area contributed by atoms with Crippen LogP contribution in [0.25, 0.3) is 16.9 Å². The van der Waals surface area contributed by atoms with Crippen molar-refractivity contribution in [3.8, 4) is 11.8 Å². The van der Waals surface area contributed by atoms with Gasteiger partial charge in [-0.3, -0.25) is 4.57 Å². The molecule has 7 heteroatoms. The zero-order valence-corrected chi connectivity index (χ0v) is 13.1. The third kappa shape index (κ3) is 2.87. The minimum absolute atomic E-state index is 0.0164. The highest BCUT2D eigenvalue weighted by Gasteiger charge is 2.18. The lowest BCUT2D eigenvalue weighted by molar-refractivity contribution is 0.00336. The van der Waals surface area contributed by atoms with Crippen molar-refractivity contribution >= 4 is 22.6 Å². The summed E-state index contributed by atoms with van der Waals surface area (Å²) in [7, 11) is 0. The summed E-state index contributed by atoms with van der Waals surface area (Å²) in [6, 6.07) is 8.11. The number of halogens is 1. The molecule has 6 nitrogen and oxygen atoms in total. The molecule has 3 heterocycles. The zero-order valence-electron chi connectivity index (χ0n) is 12.4. The van der Waals surface area contributed by atoms with Crippen LogP contribution in [0.3, 0.4) is 0 Å². The minimum atomic E-state index is -0.0164. The van der Waals surface area contributed by atoms with E-state index in [2.05, 4.69) is 15.0 Å². The van der Waals surface area contributed by atoms with Crippen LogP contribution in [0.4, 0.5) is 0 Å². The van der Waals surface area contributed by atoms with Crippen LogP contribution in [0.1, 0.15) is 12.8 Å². The molecule has 0 saturated carbocycles. The smallest absolute Gasteiger partial charge is 0.318 e. The summed E-state index contributed by atoms with van der Waals surface area (Å²) >= 11 is 6.28. The van der Waals surface area contributed by atoms with E-state index in [1.54, 1.807) is 12.5 Å². The Morgan fingerprint density at radius 3 is 3.04 bits per heavy atom. The van der Waals surface area contributed by atoms with Gasteiger partial charge in [0.1, 0.15) is 17.5 Å². The van der Waals surface area contributed by atoms with Crippen LogP contribution in [0.2, 0.25) is 5.02 Å². The first-order chi connectivity index (χ1) is 11.3. The maximum atomic E-state index is 6.28. The molecule has 1 fully saturated rings. The molecule has 4 rings (SSSR count). The molecule has 0 amide bonds. The number of hydrogen-bond acceptors (Lipinski definition) is 5. The number of para-hydroxylation sites is 2. The van der Waals surface area contributed by atoms with Gasteiger partial charge in [-0.15, -0.1) is 0 Å². The Hall–Kier alpha value is -2.18. The number of rotatable bonds is 3. The summed E-state index contributed by atoms with van der Waals surface area (Å²) in [4.78, 5) is 13.0. The van der Waals surface area contributed by atoms with E-state index in [4.69, 9.17) is 21.1 Å². The van der Waals surface area contributed by atoms with Crippen molar-refractivity contribution in [2.45, 2.75) is 18.9 Å². The fraction of sp³-hybridized carbons (Fsp3) is 0.312. The van der Waals surface area contributed by atoms with Gasteiger partial charge >= 0.3 is 6.01 Å². The Labute approximate surface area is 138 Å². The molecular weight excluding hydrogens is 316 g/mol. The van der Waals surface area contributed by atoms with E-state index < -0.39 is 0 Å². The van der Waals surface area contributed by atoms with Crippen LogP contribution in [-0.2, 0) is 4.74 Å². The standard InChI is InChI=1S/C16H15ClN4O2/c17-12-8-18-16(23-11-4-3-7-22-9-11)20-15(12)21-10-19-13-5-1-2-6-14(13)21/h1-2,5-6,8,10-11H,3-4,7,9H2. The van der Waals surface area contributed by atoms with Gasteiger partial charge in [-0.2, -0.15) is 4.98 Å². The first-order valence-electron chi connectivity index (χ1n) is 7.50. The Morgan fingerprint density at radius 2 is 2.17 bits per heavy atom. The van der Waals surface area contributed by atoms with Gasteiger partial charge in [0.15, 0.2) is 5.82 Å². The SMILES string of the molecule is Clc1cnc(OC2CCCOC2)nc1-n1cnc2ccccc21. The van der Waals surface area contributed by atoms with Crippen molar-refractivity contribution in [1.82, 2.24) is 19.5 Å². The van der Waals surface area contributed by atoms with Crippen molar-refractivity contribution in [3.63, 3.8) is 0 Å². The van der Waals surface area contributed by atoms with Crippen LogP contribution in [-0.4, -0.2) is 38.8 Å². The van der Waals surface area contributed by atoms with Crippen molar-refractivity contribution in [2.24, 2.45) is 0 Å². The lowest BCUT2D eigenvalue weighted by Crippen LogP contribution is -2.28. The predicted molar refractivity (Wildman–Crippen MR) is 86.1 cm³/mol. The normalized spacial score (nSPS) is 18.2. The lowest BCUT2D eigenvalue weighted by Gasteiger charge is -2.22. The molecule has 3 aromatic rings. The summed E-state index contributed by atoms with van der Waals surface area (Å²) in [6.07, 6.45) is 5.16. The zero-order chi connectivity index (χ0) is 15.6. The van der Waals surface area contributed by atoms with Crippen molar-refractivity contribution in [2.75, 3.05) is 13.2 Å². The second-order valence-electron chi connectivity index (χ2n) is 5.38. The summed E-state index contributed by atoms with van der Waals surface area (Å²) in [5.74, 6) is 0.557.